The Bertz CT molecular complexity index is 3560. The molecule has 11 aromatic rings. The first-order chi connectivity index (χ1) is 31.9. The van der Waals surface area contributed by atoms with Crippen LogP contribution in [-0.2, 0) is 0 Å². The highest BCUT2D eigenvalue weighted by molar-refractivity contribution is 6.14. The van der Waals surface area contributed by atoms with Gasteiger partial charge in [-0.2, -0.15) is 0 Å². The number of hydrogen-bond donors (Lipinski definition) is 0. The highest BCUT2D eigenvalue weighted by Gasteiger charge is 2.18. The molecule has 0 aliphatic rings. The number of rotatable bonds is 8. The maximum atomic E-state index is 9.25. The van der Waals surface area contributed by atoms with Crippen LogP contribution in [0.15, 0.2) is 230 Å². The molecule has 0 unspecified atom stereocenters. The van der Waals surface area contributed by atoms with Gasteiger partial charge in [-0.3, -0.25) is 0 Å². The molecule has 9 aromatic carbocycles. The molecule has 4 heteroatoms. The Morgan fingerprint density at radius 2 is 0.754 bits per heavy atom. The molecule has 2 aromatic heterocycles. The van der Waals surface area contributed by atoms with Crippen molar-refractivity contribution in [2.24, 2.45) is 0 Å². The predicted molar refractivity (Wildman–Crippen MR) is 252 cm³/mol. The minimum absolute atomic E-state index is 0.0622. The topological polar surface area (TPSA) is 43.6 Å². The van der Waals surface area contributed by atoms with Crippen molar-refractivity contribution in [3.8, 4) is 84.4 Å². The Morgan fingerprint density at radius 3 is 1.38 bits per heavy atom. The third kappa shape index (κ3) is 6.86. The zero-order chi connectivity index (χ0) is 44.0. The van der Waals surface area contributed by atoms with Crippen LogP contribution in [0.2, 0.25) is 0 Å². The van der Waals surface area contributed by atoms with Crippen LogP contribution in [0.1, 0.15) is 5.48 Å². The van der Waals surface area contributed by atoms with E-state index in [0.29, 0.717) is 28.4 Å². The van der Waals surface area contributed by atoms with Gasteiger partial charge in [0.05, 0.1) is 16.5 Å². The van der Waals surface area contributed by atoms with Crippen LogP contribution in [0, 0.1) is 0 Å². The Hall–Kier alpha value is -8.21. The lowest BCUT2D eigenvalue weighted by molar-refractivity contribution is 1.07. The van der Waals surface area contributed by atoms with Gasteiger partial charge >= 0.3 is 0 Å². The molecule has 0 spiro atoms. The van der Waals surface area contributed by atoms with Crippen LogP contribution in [0.4, 0.5) is 0 Å². The molecule has 0 N–H and O–H groups in total. The highest BCUT2D eigenvalue weighted by atomic mass is 15.0. The number of aromatic nitrogens is 4. The van der Waals surface area contributed by atoms with E-state index in [2.05, 4.69) is 97.1 Å². The van der Waals surface area contributed by atoms with Crippen LogP contribution in [0.25, 0.3) is 106 Å². The minimum Gasteiger partial charge on any atom is -0.309 e. The van der Waals surface area contributed by atoms with Crippen LogP contribution in [0.5, 0.6) is 0 Å². The first-order valence-corrected chi connectivity index (χ1v) is 20.3. The van der Waals surface area contributed by atoms with Crippen molar-refractivity contribution in [3.05, 3.63) is 230 Å². The van der Waals surface area contributed by atoms with Crippen LogP contribution >= 0.6 is 0 Å². The Kier molecular flexibility index (Phi) is 8.07. The van der Waals surface area contributed by atoms with Gasteiger partial charge in [-0.15, -0.1) is 0 Å². The fraction of sp³-hybridized carbons (Fsp3) is 0. The molecule has 0 bridgehead atoms. The molecule has 4 nitrogen and oxygen atoms in total. The smallest absolute Gasteiger partial charge is 0.164 e. The molecule has 0 amide bonds. The molecule has 11 rings (SSSR count). The van der Waals surface area contributed by atoms with Crippen molar-refractivity contribution in [1.82, 2.24) is 19.5 Å². The summed E-state index contributed by atoms with van der Waals surface area (Å²) in [5.41, 5.74) is 12.9. The van der Waals surface area contributed by atoms with Crippen molar-refractivity contribution in [3.63, 3.8) is 0 Å². The van der Waals surface area contributed by atoms with Crippen LogP contribution in [0.3, 0.4) is 0 Å². The second kappa shape index (κ2) is 15.5. The summed E-state index contributed by atoms with van der Waals surface area (Å²) in [6.45, 7) is 0. The fourth-order valence-corrected chi connectivity index (χ4v) is 8.18. The quantitative estimate of drug-likeness (QED) is 0.154. The van der Waals surface area contributed by atoms with Gasteiger partial charge in [-0.05, 0) is 63.2 Å². The highest BCUT2D eigenvalue weighted by Crippen LogP contribution is 2.40. The average molecular weight is 783 g/mol. The number of nitrogens with zero attached hydrogens (tertiary/aromatic N) is 4. The third-order valence-corrected chi connectivity index (χ3v) is 11.2. The Balaban J connectivity index is 1.02. The minimum atomic E-state index is -0.271. The van der Waals surface area contributed by atoms with E-state index < -0.39 is 0 Å². The van der Waals surface area contributed by atoms with Gasteiger partial charge in [-0.25, -0.2) is 15.0 Å². The van der Waals surface area contributed by atoms with E-state index in [9.17, 15) is 1.37 Å². The van der Waals surface area contributed by atoms with E-state index in [1.807, 2.05) is 114 Å². The zero-order valence-corrected chi connectivity index (χ0v) is 32.9. The summed E-state index contributed by atoms with van der Waals surface area (Å²) >= 11 is 0. The average Bonchev–Trinajstić information content (AvgIpc) is 3.74. The SMILES string of the molecule is [2H]c1c([2H])c([2H])c2c(c1[2H])c1cccc(-c3cccc(-c4ccccc4)c3)c1n2-c1cccc(-c2ccc(-c3nc(-c4ccccc4)nc(-c4ccc(-c5ccccc5)cc4)n3)cc2)c1. The summed E-state index contributed by atoms with van der Waals surface area (Å²) in [5.74, 6) is 1.73. The van der Waals surface area contributed by atoms with Gasteiger partial charge < -0.3 is 4.57 Å². The van der Waals surface area contributed by atoms with Gasteiger partial charge in [0.25, 0.3) is 0 Å². The summed E-state index contributed by atoms with van der Waals surface area (Å²) in [6, 6.07) is 68.8. The van der Waals surface area contributed by atoms with Crippen molar-refractivity contribution >= 4 is 21.8 Å². The second-order valence-electron chi connectivity index (χ2n) is 15.0. The number of para-hydroxylation sites is 2. The molecule has 0 aliphatic heterocycles. The van der Waals surface area contributed by atoms with Gasteiger partial charge in [0, 0.05) is 38.7 Å². The molecule has 286 valence electrons. The molecular formula is C57H38N4. The molecule has 0 saturated carbocycles. The third-order valence-electron chi connectivity index (χ3n) is 11.2. The van der Waals surface area contributed by atoms with Crippen LogP contribution in [-0.4, -0.2) is 19.5 Å². The summed E-state index contributed by atoms with van der Waals surface area (Å²) in [4.78, 5) is 14.9. The molecule has 61 heavy (non-hydrogen) atoms. The second-order valence-corrected chi connectivity index (χ2v) is 15.0. The normalized spacial score (nSPS) is 12.2. The maximum Gasteiger partial charge on any atom is 0.164 e. The predicted octanol–water partition coefficient (Wildman–Crippen LogP) is 14.6. The maximum absolute atomic E-state index is 9.25. The molecule has 0 atom stereocenters. The molecular weight excluding hydrogens is 741 g/mol. The number of hydrogen-bond acceptors (Lipinski definition) is 3. The lowest BCUT2D eigenvalue weighted by Crippen LogP contribution is -2.00. The van der Waals surface area contributed by atoms with E-state index in [0.717, 1.165) is 77.8 Å². The summed E-state index contributed by atoms with van der Waals surface area (Å²) < 4.78 is 37.8. The van der Waals surface area contributed by atoms with E-state index in [-0.39, 0.29) is 24.2 Å². The van der Waals surface area contributed by atoms with Crippen molar-refractivity contribution in [1.29, 1.82) is 0 Å². The molecule has 0 saturated heterocycles. The number of benzene rings is 9. The van der Waals surface area contributed by atoms with E-state index >= 15 is 0 Å². The standard InChI is InChI=1S/C57H38N4/c1-4-15-39(16-5-1)41-29-33-44(34-30-41)56-58-55(43-19-8-3-9-20-43)59-57(60-56)45-35-31-42(32-36-45)47-22-13-24-49(38-47)61-53-28-11-10-25-51(53)52-27-14-26-50(54(52)61)48-23-12-21-46(37-48)40-17-6-2-7-18-40/h1-38H/i10D,11D,25D,28D. The molecule has 0 aliphatic carbocycles. The van der Waals surface area contributed by atoms with Crippen molar-refractivity contribution in [2.75, 3.05) is 0 Å². The fourth-order valence-electron chi connectivity index (χ4n) is 8.18. The van der Waals surface area contributed by atoms with Crippen molar-refractivity contribution < 1.29 is 5.48 Å². The zero-order valence-electron chi connectivity index (χ0n) is 36.9. The Morgan fingerprint density at radius 1 is 0.328 bits per heavy atom. The first-order valence-electron chi connectivity index (χ1n) is 22.3. The number of fused-ring (bicyclic) bond motifs is 3. The van der Waals surface area contributed by atoms with E-state index in [1.165, 1.54) is 0 Å². The van der Waals surface area contributed by atoms with Gasteiger partial charge in [-0.1, -0.05) is 206 Å². The van der Waals surface area contributed by atoms with E-state index in [1.54, 1.807) is 0 Å². The summed E-state index contributed by atoms with van der Waals surface area (Å²) in [6.07, 6.45) is 0. The largest absolute Gasteiger partial charge is 0.309 e. The van der Waals surface area contributed by atoms with E-state index in [4.69, 9.17) is 19.1 Å². The van der Waals surface area contributed by atoms with Crippen LogP contribution < -0.4 is 0 Å². The van der Waals surface area contributed by atoms with Gasteiger partial charge in [0.1, 0.15) is 0 Å². The van der Waals surface area contributed by atoms with Gasteiger partial charge in [0.15, 0.2) is 17.5 Å². The lowest BCUT2D eigenvalue weighted by atomic mass is 9.97. The molecule has 0 fully saturated rings. The monoisotopic (exact) mass is 782 g/mol. The Labute approximate surface area is 360 Å². The molecule has 0 radical (unpaired) electrons. The summed E-state index contributed by atoms with van der Waals surface area (Å²) in [7, 11) is 0. The first kappa shape index (κ1) is 31.7. The van der Waals surface area contributed by atoms with Crippen molar-refractivity contribution in [2.45, 2.75) is 0 Å². The molecule has 2 heterocycles. The van der Waals surface area contributed by atoms with Gasteiger partial charge in [0.2, 0.25) is 0 Å². The lowest BCUT2D eigenvalue weighted by Gasteiger charge is -2.14. The summed E-state index contributed by atoms with van der Waals surface area (Å²) in [5, 5.41) is 1.24.